The Kier molecular flexibility index (Phi) is 3.19. The maximum atomic E-state index is 3.55. The number of rotatable bonds is 3. The van der Waals surface area contributed by atoms with E-state index >= 15 is 0 Å². The van der Waals surface area contributed by atoms with E-state index in [0.29, 0.717) is 5.92 Å². The van der Waals surface area contributed by atoms with Gasteiger partial charge in [0.2, 0.25) is 0 Å². The Balaban J connectivity index is 1.67. The highest BCUT2D eigenvalue weighted by Gasteiger charge is 2.24. The predicted octanol–water partition coefficient (Wildman–Crippen LogP) is 4.67. The molecule has 118 valence electrons. The van der Waals surface area contributed by atoms with Crippen molar-refractivity contribution in [3.63, 3.8) is 0 Å². The van der Waals surface area contributed by atoms with Crippen LogP contribution in [0.25, 0.3) is 21.8 Å². The fraction of sp³-hybridized carbons (Fsp3) is 0.429. The van der Waals surface area contributed by atoms with E-state index in [1.165, 1.54) is 66.1 Å². The summed E-state index contributed by atoms with van der Waals surface area (Å²) in [7, 11) is 0. The van der Waals surface area contributed by atoms with Gasteiger partial charge in [-0.3, -0.25) is 0 Å². The predicted molar refractivity (Wildman–Crippen MR) is 97.0 cm³/mol. The molecule has 1 N–H and O–H groups in total. The molecule has 0 radical (unpaired) electrons. The SMILES string of the molecule is c1ccc2c(c1)c1cc(C3CCCNC3)ccc1n2CC1CC1. The molecule has 5 rings (SSSR count). The number of para-hydroxylation sites is 1. The van der Waals surface area contributed by atoms with Crippen molar-refractivity contribution in [3.05, 3.63) is 48.0 Å². The lowest BCUT2D eigenvalue weighted by Crippen LogP contribution is -2.28. The molecule has 1 aliphatic carbocycles. The molecule has 2 heteroatoms. The summed E-state index contributed by atoms with van der Waals surface area (Å²) in [5.41, 5.74) is 4.35. The van der Waals surface area contributed by atoms with Gasteiger partial charge in [0.15, 0.2) is 0 Å². The summed E-state index contributed by atoms with van der Waals surface area (Å²) in [4.78, 5) is 0. The third kappa shape index (κ3) is 2.36. The molecule has 1 atom stereocenters. The maximum absolute atomic E-state index is 3.55. The average molecular weight is 304 g/mol. The monoisotopic (exact) mass is 304 g/mol. The second-order valence-electron chi connectivity index (χ2n) is 7.39. The van der Waals surface area contributed by atoms with Gasteiger partial charge in [-0.05, 0) is 67.8 Å². The third-order valence-corrected chi connectivity index (χ3v) is 5.70. The number of benzene rings is 2. The summed E-state index contributed by atoms with van der Waals surface area (Å²) in [5.74, 6) is 1.58. The zero-order chi connectivity index (χ0) is 15.2. The number of nitrogens with one attached hydrogen (secondary N) is 1. The van der Waals surface area contributed by atoms with Crippen LogP contribution in [0.4, 0.5) is 0 Å². The summed E-state index contributed by atoms with van der Waals surface area (Å²) < 4.78 is 2.56. The van der Waals surface area contributed by atoms with Gasteiger partial charge in [0.25, 0.3) is 0 Å². The first-order chi connectivity index (χ1) is 11.4. The Morgan fingerprint density at radius 1 is 0.957 bits per heavy atom. The van der Waals surface area contributed by atoms with Gasteiger partial charge >= 0.3 is 0 Å². The summed E-state index contributed by atoms with van der Waals surface area (Å²) >= 11 is 0. The molecule has 1 unspecified atom stereocenters. The fourth-order valence-electron chi connectivity index (χ4n) is 4.22. The minimum atomic E-state index is 0.679. The molecule has 2 aromatic carbocycles. The number of hydrogen-bond donors (Lipinski definition) is 1. The van der Waals surface area contributed by atoms with Crippen LogP contribution in [-0.4, -0.2) is 17.7 Å². The van der Waals surface area contributed by atoms with Gasteiger partial charge in [-0.1, -0.05) is 24.3 Å². The smallest absolute Gasteiger partial charge is 0.0491 e. The molecular weight excluding hydrogens is 280 g/mol. The Hall–Kier alpha value is -1.80. The van der Waals surface area contributed by atoms with E-state index in [4.69, 9.17) is 0 Å². The molecule has 1 aliphatic heterocycles. The van der Waals surface area contributed by atoms with Crippen molar-refractivity contribution in [2.24, 2.45) is 5.92 Å². The van der Waals surface area contributed by atoms with Gasteiger partial charge in [-0.2, -0.15) is 0 Å². The number of nitrogens with zero attached hydrogens (tertiary/aromatic N) is 1. The zero-order valence-electron chi connectivity index (χ0n) is 13.6. The molecule has 1 saturated heterocycles. The first-order valence-corrected chi connectivity index (χ1v) is 9.12. The number of hydrogen-bond acceptors (Lipinski definition) is 1. The average Bonchev–Trinajstić information content (AvgIpc) is 3.39. The fourth-order valence-corrected chi connectivity index (χ4v) is 4.22. The first-order valence-electron chi connectivity index (χ1n) is 9.12. The molecule has 0 bridgehead atoms. The molecule has 2 nitrogen and oxygen atoms in total. The van der Waals surface area contributed by atoms with Crippen molar-refractivity contribution in [3.8, 4) is 0 Å². The van der Waals surface area contributed by atoms with Crippen molar-refractivity contribution in [1.29, 1.82) is 0 Å². The van der Waals surface area contributed by atoms with Gasteiger partial charge in [-0.15, -0.1) is 0 Å². The second kappa shape index (κ2) is 5.38. The summed E-state index contributed by atoms with van der Waals surface area (Å²) in [5, 5.41) is 6.43. The Morgan fingerprint density at radius 2 is 1.83 bits per heavy atom. The van der Waals surface area contributed by atoms with E-state index in [-0.39, 0.29) is 0 Å². The van der Waals surface area contributed by atoms with Crippen molar-refractivity contribution in [2.75, 3.05) is 13.1 Å². The van der Waals surface area contributed by atoms with Crippen LogP contribution in [0.5, 0.6) is 0 Å². The third-order valence-electron chi connectivity index (χ3n) is 5.70. The highest BCUT2D eigenvalue weighted by molar-refractivity contribution is 6.08. The molecule has 1 saturated carbocycles. The number of piperidine rings is 1. The van der Waals surface area contributed by atoms with Gasteiger partial charge < -0.3 is 9.88 Å². The lowest BCUT2D eigenvalue weighted by Gasteiger charge is -2.23. The highest BCUT2D eigenvalue weighted by atomic mass is 15.0. The molecule has 0 amide bonds. The minimum Gasteiger partial charge on any atom is -0.340 e. The lowest BCUT2D eigenvalue weighted by molar-refractivity contribution is 0.462. The molecular formula is C21H24N2. The van der Waals surface area contributed by atoms with Crippen molar-refractivity contribution < 1.29 is 0 Å². The largest absolute Gasteiger partial charge is 0.340 e. The summed E-state index contributed by atoms with van der Waals surface area (Å²) in [6, 6.07) is 16.2. The van der Waals surface area contributed by atoms with E-state index in [9.17, 15) is 0 Å². The Bertz CT molecular complexity index is 851. The molecule has 3 aromatic rings. The zero-order valence-corrected chi connectivity index (χ0v) is 13.6. The van der Waals surface area contributed by atoms with Gasteiger partial charge in [0.05, 0.1) is 0 Å². The van der Waals surface area contributed by atoms with Crippen LogP contribution in [-0.2, 0) is 6.54 Å². The van der Waals surface area contributed by atoms with E-state index in [2.05, 4.69) is 52.3 Å². The first kappa shape index (κ1) is 13.6. The second-order valence-corrected chi connectivity index (χ2v) is 7.39. The molecule has 23 heavy (non-hydrogen) atoms. The van der Waals surface area contributed by atoms with Crippen LogP contribution in [0, 0.1) is 5.92 Å². The topological polar surface area (TPSA) is 17.0 Å². The number of aromatic nitrogens is 1. The van der Waals surface area contributed by atoms with Crippen molar-refractivity contribution >= 4 is 21.8 Å². The normalized spacial score (nSPS) is 22.0. The van der Waals surface area contributed by atoms with E-state index in [0.717, 1.165) is 12.5 Å². The van der Waals surface area contributed by atoms with Crippen molar-refractivity contribution in [2.45, 2.75) is 38.1 Å². The van der Waals surface area contributed by atoms with E-state index in [1.807, 2.05) is 0 Å². The standard InChI is InChI=1S/C21H24N2/c1-2-6-20-18(5-1)19-12-16(17-4-3-11-22-13-17)9-10-21(19)23(20)14-15-7-8-15/h1-2,5-6,9-10,12,15,17,22H,3-4,7-8,11,13-14H2. The van der Waals surface area contributed by atoms with Gasteiger partial charge in [0, 0.05) is 34.9 Å². The Morgan fingerprint density at radius 3 is 2.65 bits per heavy atom. The molecule has 2 fully saturated rings. The molecule has 2 heterocycles. The summed E-state index contributed by atoms with van der Waals surface area (Å²) in [6.07, 6.45) is 5.42. The highest BCUT2D eigenvalue weighted by Crippen LogP contribution is 2.37. The van der Waals surface area contributed by atoms with Gasteiger partial charge in [-0.25, -0.2) is 0 Å². The lowest BCUT2D eigenvalue weighted by atomic mass is 9.91. The van der Waals surface area contributed by atoms with Crippen LogP contribution in [0.3, 0.4) is 0 Å². The molecule has 0 spiro atoms. The van der Waals surface area contributed by atoms with Crippen LogP contribution in [0.15, 0.2) is 42.5 Å². The number of fused-ring (bicyclic) bond motifs is 3. The van der Waals surface area contributed by atoms with Crippen LogP contribution in [0.1, 0.15) is 37.2 Å². The van der Waals surface area contributed by atoms with Crippen LogP contribution < -0.4 is 5.32 Å². The molecule has 1 aromatic heterocycles. The van der Waals surface area contributed by atoms with Gasteiger partial charge in [0.1, 0.15) is 0 Å². The maximum Gasteiger partial charge on any atom is 0.0491 e. The minimum absolute atomic E-state index is 0.679. The molecule has 2 aliphatic rings. The summed E-state index contributed by atoms with van der Waals surface area (Å²) in [6.45, 7) is 3.50. The van der Waals surface area contributed by atoms with Crippen LogP contribution >= 0.6 is 0 Å². The quantitative estimate of drug-likeness (QED) is 0.744. The van der Waals surface area contributed by atoms with E-state index in [1.54, 1.807) is 0 Å². The van der Waals surface area contributed by atoms with Crippen molar-refractivity contribution in [1.82, 2.24) is 9.88 Å². The Labute approximate surface area is 137 Å². The van der Waals surface area contributed by atoms with Crippen LogP contribution in [0.2, 0.25) is 0 Å². The van der Waals surface area contributed by atoms with E-state index < -0.39 is 0 Å².